The second-order valence-corrected chi connectivity index (χ2v) is 4.48. The number of halogens is 4. The van der Waals surface area contributed by atoms with Crippen molar-refractivity contribution < 1.29 is 22.7 Å². The molecule has 6 heteroatoms. The highest BCUT2D eigenvalue weighted by Crippen LogP contribution is 2.36. The molecule has 0 N–H and O–H groups in total. The lowest BCUT2D eigenvalue weighted by atomic mass is 10.1. The van der Waals surface area contributed by atoms with Crippen molar-refractivity contribution in [3.05, 3.63) is 26.8 Å². The molecular formula is C11H10F3IO2. The SMILES string of the molecule is CCOc1c(I)cc(C(F)(F)F)cc1C(C)=O. The van der Waals surface area contributed by atoms with Gasteiger partial charge in [0.25, 0.3) is 0 Å². The first kappa shape index (κ1) is 14.3. The van der Waals surface area contributed by atoms with Gasteiger partial charge in [0, 0.05) is 0 Å². The molecule has 0 aromatic heterocycles. The van der Waals surface area contributed by atoms with Crippen molar-refractivity contribution in [2.24, 2.45) is 0 Å². The van der Waals surface area contributed by atoms with E-state index in [0.717, 1.165) is 12.1 Å². The number of hydrogen-bond donors (Lipinski definition) is 0. The summed E-state index contributed by atoms with van der Waals surface area (Å²) in [7, 11) is 0. The zero-order valence-corrected chi connectivity index (χ0v) is 11.3. The number of ether oxygens (including phenoxy) is 1. The number of carbonyl (C=O) groups is 1. The van der Waals surface area contributed by atoms with Crippen molar-refractivity contribution in [1.29, 1.82) is 0 Å². The topological polar surface area (TPSA) is 26.3 Å². The van der Waals surface area contributed by atoms with Gasteiger partial charge in [-0.15, -0.1) is 0 Å². The van der Waals surface area contributed by atoms with Crippen molar-refractivity contribution in [2.75, 3.05) is 6.61 Å². The number of rotatable bonds is 3. The smallest absolute Gasteiger partial charge is 0.416 e. The van der Waals surface area contributed by atoms with Crippen molar-refractivity contribution >= 4 is 28.4 Å². The Labute approximate surface area is 110 Å². The van der Waals surface area contributed by atoms with E-state index in [1.807, 2.05) is 0 Å². The highest BCUT2D eigenvalue weighted by molar-refractivity contribution is 14.1. The molecule has 0 spiro atoms. The van der Waals surface area contributed by atoms with Crippen LogP contribution in [0.3, 0.4) is 0 Å². The van der Waals surface area contributed by atoms with Gasteiger partial charge in [0.2, 0.25) is 0 Å². The molecule has 0 radical (unpaired) electrons. The fraction of sp³-hybridized carbons (Fsp3) is 0.364. The van der Waals surface area contributed by atoms with E-state index in [2.05, 4.69) is 0 Å². The second kappa shape index (κ2) is 5.24. The minimum Gasteiger partial charge on any atom is -0.492 e. The molecule has 2 nitrogen and oxygen atoms in total. The van der Waals surface area contributed by atoms with Gasteiger partial charge in [0.05, 0.1) is 21.3 Å². The Balaban J connectivity index is 3.41. The van der Waals surface area contributed by atoms with Crippen LogP contribution < -0.4 is 4.74 Å². The number of ketones is 1. The first-order chi connectivity index (χ1) is 7.77. The van der Waals surface area contributed by atoms with E-state index in [1.165, 1.54) is 6.92 Å². The van der Waals surface area contributed by atoms with Crippen LogP contribution in [0.4, 0.5) is 13.2 Å². The van der Waals surface area contributed by atoms with Crippen LogP contribution in [0.1, 0.15) is 29.8 Å². The minimum atomic E-state index is -4.46. The molecule has 0 aliphatic heterocycles. The van der Waals surface area contributed by atoms with Gasteiger partial charge in [-0.3, -0.25) is 4.79 Å². The predicted molar refractivity (Wildman–Crippen MR) is 65.3 cm³/mol. The zero-order chi connectivity index (χ0) is 13.2. The molecule has 1 aromatic rings. The molecule has 1 rings (SSSR count). The molecule has 0 heterocycles. The zero-order valence-electron chi connectivity index (χ0n) is 9.19. The molecule has 0 saturated carbocycles. The maximum absolute atomic E-state index is 12.6. The highest BCUT2D eigenvalue weighted by atomic mass is 127. The normalized spacial score (nSPS) is 11.4. The molecule has 0 saturated heterocycles. The van der Waals surface area contributed by atoms with Crippen LogP contribution in [0.5, 0.6) is 5.75 Å². The van der Waals surface area contributed by atoms with Gasteiger partial charge in [-0.25, -0.2) is 0 Å². The van der Waals surface area contributed by atoms with Gasteiger partial charge in [-0.2, -0.15) is 13.2 Å². The summed E-state index contributed by atoms with van der Waals surface area (Å²) in [6.07, 6.45) is -4.46. The molecule has 0 aliphatic rings. The Morgan fingerprint density at radius 2 is 2.00 bits per heavy atom. The van der Waals surface area contributed by atoms with Crippen molar-refractivity contribution in [2.45, 2.75) is 20.0 Å². The number of hydrogen-bond acceptors (Lipinski definition) is 2. The van der Waals surface area contributed by atoms with Crippen molar-refractivity contribution in [1.82, 2.24) is 0 Å². The lowest BCUT2D eigenvalue weighted by molar-refractivity contribution is -0.137. The number of benzene rings is 1. The Bertz CT molecular complexity index is 441. The monoisotopic (exact) mass is 358 g/mol. The van der Waals surface area contributed by atoms with Gasteiger partial charge in [0.15, 0.2) is 5.78 Å². The van der Waals surface area contributed by atoms with Gasteiger partial charge in [-0.05, 0) is 48.6 Å². The summed E-state index contributed by atoms with van der Waals surface area (Å²) in [4.78, 5) is 11.3. The Kier molecular flexibility index (Phi) is 4.40. The van der Waals surface area contributed by atoms with E-state index in [-0.39, 0.29) is 14.9 Å². The molecule has 0 fully saturated rings. The van der Waals surface area contributed by atoms with E-state index in [9.17, 15) is 18.0 Å². The third kappa shape index (κ3) is 3.34. The van der Waals surface area contributed by atoms with Crippen LogP contribution in [0.25, 0.3) is 0 Å². The summed E-state index contributed by atoms with van der Waals surface area (Å²) in [6.45, 7) is 3.22. The summed E-state index contributed by atoms with van der Waals surface area (Å²) in [5.41, 5.74) is -0.873. The maximum Gasteiger partial charge on any atom is 0.416 e. The molecule has 0 aliphatic carbocycles. The van der Waals surface area contributed by atoms with Gasteiger partial charge >= 0.3 is 6.18 Å². The van der Waals surface area contributed by atoms with Crippen molar-refractivity contribution in [3.63, 3.8) is 0 Å². The standard InChI is InChI=1S/C11H10F3IO2/c1-3-17-10-8(6(2)16)4-7(5-9(10)15)11(12,13)14/h4-5H,3H2,1-2H3. The highest BCUT2D eigenvalue weighted by Gasteiger charge is 2.32. The van der Waals surface area contributed by atoms with Gasteiger partial charge in [-0.1, -0.05) is 0 Å². The first-order valence-corrected chi connectivity index (χ1v) is 5.89. The molecule has 0 unspecified atom stereocenters. The van der Waals surface area contributed by atoms with Gasteiger partial charge < -0.3 is 4.74 Å². The van der Waals surface area contributed by atoms with E-state index in [4.69, 9.17) is 4.74 Å². The van der Waals surface area contributed by atoms with Crippen LogP contribution in [0, 0.1) is 3.57 Å². The molecule has 0 amide bonds. The summed E-state index contributed by atoms with van der Waals surface area (Å²) in [5, 5.41) is 0. The van der Waals surface area contributed by atoms with Crippen LogP contribution >= 0.6 is 22.6 Å². The van der Waals surface area contributed by atoms with Crippen LogP contribution in [-0.2, 0) is 6.18 Å². The molecule has 0 atom stereocenters. The van der Waals surface area contributed by atoms with Crippen LogP contribution in [-0.4, -0.2) is 12.4 Å². The fourth-order valence-corrected chi connectivity index (χ4v) is 2.09. The Hall–Kier alpha value is -0.790. The van der Waals surface area contributed by atoms with E-state index >= 15 is 0 Å². The third-order valence-electron chi connectivity index (χ3n) is 2.04. The van der Waals surface area contributed by atoms with E-state index in [0.29, 0.717) is 6.61 Å². The molecule has 1 aromatic carbocycles. The second-order valence-electron chi connectivity index (χ2n) is 3.32. The van der Waals surface area contributed by atoms with Gasteiger partial charge in [0.1, 0.15) is 5.75 Å². The fourth-order valence-electron chi connectivity index (χ4n) is 1.31. The average Bonchev–Trinajstić information content (AvgIpc) is 2.18. The van der Waals surface area contributed by atoms with Crippen LogP contribution in [0.15, 0.2) is 12.1 Å². The number of Topliss-reactive ketones (excluding diaryl/α,β-unsaturated/α-hetero) is 1. The quantitative estimate of drug-likeness (QED) is 0.605. The molecule has 17 heavy (non-hydrogen) atoms. The minimum absolute atomic E-state index is 0.0360. The molecular weight excluding hydrogens is 348 g/mol. The molecule has 0 bridgehead atoms. The van der Waals surface area contributed by atoms with E-state index < -0.39 is 17.5 Å². The first-order valence-electron chi connectivity index (χ1n) is 4.81. The average molecular weight is 358 g/mol. The summed E-state index contributed by atoms with van der Waals surface area (Å²) >= 11 is 1.73. The largest absolute Gasteiger partial charge is 0.492 e. The predicted octanol–water partition coefficient (Wildman–Crippen LogP) is 3.91. The number of carbonyl (C=O) groups excluding carboxylic acids is 1. The van der Waals surface area contributed by atoms with E-state index in [1.54, 1.807) is 29.5 Å². The molecule has 94 valence electrons. The Morgan fingerprint density at radius 1 is 1.41 bits per heavy atom. The maximum atomic E-state index is 12.6. The summed E-state index contributed by atoms with van der Waals surface area (Å²) in [5.74, 6) is -0.230. The summed E-state index contributed by atoms with van der Waals surface area (Å²) in [6, 6.07) is 1.80. The third-order valence-corrected chi connectivity index (χ3v) is 2.84. The Morgan fingerprint density at radius 3 is 2.41 bits per heavy atom. The lowest BCUT2D eigenvalue weighted by Crippen LogP contribution is -2.10. The number of alkyl halides is 3. The van der Waals surface area contributed by atoms with Crippen LogP contribution in [0.2, 0.25) is 0 Å². The van der Waals surface area contributed by atoms with Crippen molar-refractivity contribution in [3.8, 4) is 5.75 Å². The summed E-state index contributed by atoms with van der Waals surface area (Å²) < 4.78 is 43.2. The lowest BCUT2D eigenvalue weighted by Gasteiger charge is -2.14.